The average Bonchev–Trinajstić information content (AvgIpc) is 2.17. The molecule has 1 rings (SSSR count). The second kappa shape index (κ2) is 4.05. The monoisotopic (exact) mass is 187 g/mol. The lowest BCUT2D eigenvalue weighted by Gasteiger charge is -2.32. The van der Waals surface area contributed by atoms with Crippen LogP contribution in [-0.2, 0) is 0 Å². The lowest BCUT2D eigenvalue weighted by atomic mass is 9.77. The molecule has 0 spiro atoms. The first-order chi connectivity index (χ1) is 6.13. The van der Waals surface area contributed by atoms with Crippen LogP contribution >= 0.6 is 0 Å². The van der Waals surface area contributed by atoms with Gasteiger partial charge in [-0.25, -0.2) is 0 Å². The average molecular weight is 187 g/mol. The largest absolute Gasteiger partial charge is 0.386 e. The van der Waals surface area contributed by atoms with Crippen molar-refractivity contribution in [2.75, 3.05) is 0 Å². The third kappa shape index (κ3) is 1.82. The van der Waals surface area contributed by atoms with E-state index in [9.17, 15) is 15.2 Å². The first-order valence-electron chi connectivity index (χ1n) is 4.96. The van der Waals surface area contributed by atoms with Crippen LogP contribution in [0.4, 0.5) is 0 Å². The molecule has 4 heteroatoms. The Morgan fingerprint density at radius 3 is 2.38 bits per heavy atom. The van der Waals surface area contributed by atoms with E-state index in [0.29, 0.717) is 19.3 Å². The number of aliphatic hydroxyl groups is 1. The van der Waals surface area contributed by atoms with Crippen LogP contribution in [0.3, 0.4) is 0 Å². The van der Waals surface area contributed by atoms with Crippen LogP contribution in [0.5, 0.6) is 0 Å². The van der Waals surface area contributed by atoms with Crippen LogP contribution < -0.4 is 0 Å². The third-order valence-electron chi connectivity index (χ3n) is 3.09. The molecule has 1 fully saturated rings. The van der Waals surface area contributed by atoms with Gasteiger partial charge in [-0.2, -0.15) is 0 Å². The molecular weight excluding hydrogens is 170 g/mol. The van der Waals surface area contributed by atoms with Crippen molar-refractivity contribution in [1.29, 1.82) is 0 Å². The highest BCUT2D eigenvalue weighted by Gasteiger charge is 2.49. The molecule has 0 bridgehead atoms. The SMILES string of the molecule is CCC(O)C1([N+](=O)[O-])CCCCC1. The molecule has 76 valence electrons. The van der Waals surface area contributed by atoms with Gasteiger partial charge in [0.2, 0.25) is 5.54 Å². The van der Waals surface area contributed by atoms with Crippen molar-refractivity contribution in [2.24, 2.45) is 0 Å². The highest BCUT2D eigenvalue weighted by atomic mass is 16.6. The van der Waals surface area contributed by atoms with Gasteiger partial charge in [-0.1, -0.05) is 13.3 Å². The van der Waals surface area contributed by atoms with E-state index < -0.39 is 11.6 Å². The standard InChI is InChI=1S/C9H17NO3/c1-2-8(11)9(10(12)13)6-4-3-5-7-9/h8,11H,2-7H2,1H3. The normalized spacial score (nSPS) is 23.8. The Labute approximate surface area is 78.1 Å². The van der Waals surface area contributed by atoms with Gasteiger partial charge in [0, 0.05) is 17.8 Å². The summed E-state index contributed by atoms with van der Waals surface area (Å²) >= 11 is 0. The quantitative estimate of drug-likeness (QED) is 0.540. The molecule has 1 atom stereocenters. The number of nitro groups is 1. The van der Waals surface area contributed by atoms with Gasteiger partial charge >= 0.3 is 0 Å². The molecule has 13 heavy (non-hydrogen) atoms. The van der Waals surface area contributed by atoms with Crippen LogP contribution in [0, 0.1) is 10.1 Å². The van der Waals surface area contributed by atoms with Gasteiger partial charge < -0.3 is 5.11 Å². The van der Waals surface area contributed by atoms with Crippen LogP contribution in [0.15, 0.2) is 0 Å². The molecule has 0 aliphatic heterocycles. The van der Waals surface area contributed by atoms with E-state index in [1.54, 1.807) is 6.92 Å². The van der Waals surface area contributed by atoms with Gasteiger partial charge in [0.05, 0.1) is 0 Å². The Morgan fingerprint density at radius 2 is 2.00 bits per heavy atom. The molecule has 0 saturated heterocycles. The third-order valence-corrected chi connectivity index (χ3v) is 3.09. The van der Waals surface area contributed by atoms with E-state index in [1.165, 1.54) is 0 Å². The van der Waals surface area contributed by atoms with Crippen LogP contribution in [-0.4, -0.2) is 21.7 Å². The fraction of sp³-hybridized carbons (Fsp3) is 1.00. The van der Waals surface area contributed by atoms with E-state index >= 15 is 0 Å². The zero-order chi connectivity index (χ0) is 9.90. The number of hydrogen-bond acceptors (Lipinski definition) is 3. The molecule has 1 N–H and O–H groups in total. The Kier molecular flexibility index (Phi) is 3.25. The Balaban J connectivity index is 2.78. The van der Waals surface area contributed by atoms with Gasteiger partial charge in [0.25, 0.3) is 0 Å². The van der Waals surface area contributed by atoms with Crippen molar-refractivity contribution in [2.45, 2.75) is 57.1 Å². The van der Waals surface area contributed by atoms with E-state index in [-0.39, 0.29) is 4.92 Å². The molecule has 0 heterocycles. The predicted molar refractivity (Wildman–Crippen MR) is 49.1 cm³/mol. The lowest BCUT2D eigenvalue weighted by molar-refractivity contribution is -0.588. The summed E-state index contributed by atoms with van der Waals surface area (Å²) in [6, 6.07) is 0. The summed E-state index contributed by atoms with van der Waals surface area (Å²) in [6.07, 6.45) is 3.58. The van der Waals surface area contributed by atoms with Gasteiger partial charge in [-0.3, -0.25) is 10.1 Å². The molecule has 1 saturated carbocycles. The summed E-state index contributed by atoms with van der Waals surface area (Å²) in [7, 11) is 0. The second-order valence-corrected chi connectivity index (χ2v) is 3.85. The van der Waals surface area contributed by atoms with Crippen molar-refractivity contribution in [1.82, 2.24) is 0 Å². The van der Waals surface area contributed by atoms with E-state index in [4.69, 9.17) is 0 Å². The number of nitrogens with zero attached hydrogens (tertiary/aromatic N) is 1. The zero-order valence-corrected chi connectivity index (χ0v) is 8.03. The van der Waals surface area contributed by atoms with Crippen molar-refractivity contribution in [3.8, 4) is 0 Å². The molecule has 1 aliphatic carbocycles. The summed E-state index contributed by atoms with van der Waals surface area (Å²) in [4.78, 5) is 10.7. The topological polar surface area (TPSA) is 63.4 Å². The maximum absolute atomic E-state index is 10.9. The highest BCUT2D eigenvalue weighted by molar-refractivity contribution is 4.89. The van der Waals surface area contributed by atoms with Crippen LogP contribution in [0.25, 0.3) is 0 Å². The van der Waals surface area contributed by atoms with Crippen molar-refractivity contribution in [3.05, 3.63) is 10.1 Å². The van der Waals surface area contributed by atoms with Crippen LogP contribution in [0.2, 0.25) is 0 Å². The van der Waals surface area contributed by atoms with Gasteiger partial charge in [-0.05, 0) is 19.3 Å². The van der Waals surface area contributed by atoms with Crippen molar-refractivity contribution < 1.29 is 10.0 Å². The maximum atomic E-state index is 10.9. The molecule has 0 radical (unpaired) electrons. The van der Waals surface area contributed by atoms with Crippen molar-refractivity contribution in [3.63, 3.8) is 0 Å². The number of rotatable bonds is 3. The predicted octanol–water partition coefficient (Wildman–Crippen LogP) is 1.74. The molecule has 0 aromatic heterocycles. The second-order valence-electron chi connectivity index (χ2n) is 3.85. The molecular formula is C9H17NO3. The minimum atomic E-state index is -1.03. The summed E-state index contributed by atoms with van der Waals surface area (Å²) in [5.74, 6) is 0. The Bertz CT molecular complexity index is 187. The van der Waals surface area contributed by atoms with E-state index in [0.717, 1.165) is 19.3 Å². The molecule has 1 aliphatic rings. The fourth-order valence-corrected chi connectivity index (χ4v) is 2.18. The smallest absolute Gasteiger partial charge is 0.247 e. The fourth-order valence-electron chi connectivity index (χ4n) is 2.18. The molecule has 1 unspecified atom stereocenters. The molecule has 0 amide bonds. The summed E-state index contributed by atoms with van der Waals surface area (Å²) in [5, 5.41) is 20.6. The Morgan fingerprint density at radius 1 is 1.46 bits per heavy atom. The number of aliphatic hydroxyl groups excluding tert-OH is 1. The minimum Gasteiger partial charge on any atom is -0.386 e. The van der Waals surface area contributed by atoms with Crippen LogP contribution in [0.1, 0.15) is 45.4 Å². The highest BCUT2D eigenvalue weighted by Crippen LogP contribution is 2.34. The first-order valence-corrected chi connectivity index (χ1v) is 4.96. The van der Waals surface area contributed by atoms with E-state index in [1.807, 2.05) is 0 Å². The Hall–Kier alpha value is -0.640. The van der Waals surface area contributed by atoms with Gasteiger partial charge in [0.1, 0.15) is 6.10 Å². The summed E-state index contributed by atoms with van der Waals surface area (Å²) in [6.45, 7) is 1.80. The lowest BCUT2D eigenvalue weighted by Crippen LogP contribution is -2.50. The van der Waals surface area contributed by atoms with Gasteiger partial charge in [-0.15, -0.1) is 0 Å². The zero-order valence-electron chi connectivity index (χ0n) is 8.03. The van der Waals surface area contributed by atoms with Crippen molar-refractivity contribution >= 4 is 0 Å². The first kappa shape index (κ1) is 10.4. The molecule has 0 aromatic carbocycles. The summed E-state index contributed by atoms with van der Waals surface area (Å²) < 4.78 is 0. The molecule has 0 aromatic rings. The number of hydrogen-bond donors (Lipinski definition) is 1. The maximum Gasteiger partial charge on any atom is 0.247 e. The molecule has 4 nitrogen and oxygen atoms in total. The summed E-state index contributed by atoms with van der Waals surface area (Å²) in [5.41, 5.74) is -1.03. The minimum absolute atomic E-state index is 0.264. The van der Waals surface area contributed by atoms with E-state index in [2.05, 4.69) is 0 Å². The van der Waals surface area contributed by atoms with Gasteiger partial charge in [0.15, 0.2) is 0 Å².